The van der Waals surface area contributed by atoms with E-state index in [1.807, 2.05) is 0 Å². The third-order valence-corrected chi connectivity index (χ3v) is 0. The van der Waals surface area contributed by atoms with Gasteiger partial charge in [0.1, 0.15) is 0 Å². The minimum Gasteiger partial charge on any atom is -0.0149 e. The summed E-state index contributed by atoms with van der Waals surface area (Å²) < 4.78 is 0. The van der Waals surface area contributed by atoms with Crippen LogP contribution in [0.5, 0.6) is 0 Å². The maximum atomic E-state index is 0. The summed E-state index contributed by atoms with van der Waals surface area (Å²) in [5, 5.41) is 0. The van der Waals surface area contributed by atoms with Gasteiger partial charge in [0.15, 0.2) is 0 Å². The van der Waals surface area contributed by atoms with Gasteiger partial charge >= 0.3 is 0 Å². The van der Waals surface area contributed by atoms with Crippen molar-refractivity contribution in [2.45, 2.75) is 0 Å². The van der Waals surface area contributed by atoms with Crippen LogP contribution in [-0.4, -0.2) is 11.0 Å². The molecule has 0 atom stereocenters. The molecule has 0 aliphatic rings. The Bertz CT molecular complexity index is 8.00. The van der Waals surface area contributed by atoms with Gasteiger partial charge in [-0.2, -0.15) is 0 Å². The van der Waals surface area contributed by atoms with E-state index in [1.165, 1.54) is 0 Å². The van der Waals surface area contributed by atoms with E-state index in [2.05, 4.69) is 0 Å². The van der Waals surface area contributed by atoms with Crippen LogP contribution in [0, 0.1) is 41.7 Å². The van der Waals surface area contributed by atoms with Crippen molar-refractivity contribution in [2.24, 2.45) is 0 Å². The van der Waals surface area contributed by atoms with Crippen LogP contribution in [0.2, 0.25) is 0 Å². The summed E-state index contributed by atoms with van der Waals surface area (Å²) in [4.78, 5) is 0. The molecule has 0 fully saturated rings. The average Bonchev–Trinajstić information content (AvgIpc) is 0. The molecule has 0 nitrogen and oxygen atoms in total. The van der Waals surface area contributed by atoms with Crippen molar-refractivity contribution < 1.29 is 75.3 Å². The van der Waals surface area contributed by atoms with E-state index in [0.29, 0.717) is 0 Å². The Labute approximate surface area is 84.7 Å². The second-order valence-electron chi connectivity index (χ2n) is 0. The first-order chi connectivity index (χ1) is 0. The summed E-state index contributed by atoms with van der Waals surface area (Å²) in [5.41, 5.74) is 0. The summed E-state index contributed by atoms with van der Waals surface area (Å²) in [5.74, 6) is 0. The number of hydrogen-bond acceptors (Lipinski definition) is 0. The molecule has 0 amide bonds. The van der Waals surface area contributed by atoms with Gasteiger partial charge in [-0.3, -0.25) is 0 Å². The van der Waals surface area contributed by atoms with Gasteiger partial charge in [-0.15, -0.1) is 0 Å². The Morgan fingerprint density at radius 3 is 1.00 bits per heavy atom. The largest absolute Gasteiger partial charge is 0.0149 e. The second-order valence-corrected chi connectivity index (χ2v) is 0. The molecule has 4 heavy (non-hydrogen) atoms. The van der Waals surface area contributed by atoms with E-state index in [0.717, 1.165) is 0 Å². The fourth-order valence-corrected chi connectivity index (χ4v) is 0. The summed E-state index contributed by atoms with van der Waals surface area (Å²) in [6.07, 6.45) is 0. The first-order valence-corrected chi connectivity index (χ1v) is 0. The van der Waals surface area contributed by atoms with Crippen LogP contribution in [0.15, 0.2) is 0 Å². The Morgan fingerprint density at radius 1 is 1.00 bits per heavy atom. The van der Waals surface area contributed by atoms with Crippen LogP contribution >= 0.6 is 0 Å². The quantitative estimate of drug-likeness (QED) is 0.479. The van der Waals surface area contributed by atoms with Crippen molar-refractivity contribution in [1.82, 2.24) is 0 Å². The molecule has 0 unspecified atom stereocenters. The SMILES string of the molecule is [Ce].[Cu].[Ni].[SiH4]. The fourth-order valence-electron chi connectivity index (χ4n) is 0. The monoisotopic (exact) mass is 293 g/mol. The van der Waals surface area contributed by atoms with Crippen LogP contribution in [-0.2, 0) is 33.6 Å². The molecular weight excluding hydrogens is 290 g/mol. The molecule has 1 radical (unpaired) electrons. The molecule has 0 aromatic heterocycles. The predicted octanol–water partition coefficient (Wildman–Crippen LogP) is -1.46. The maximum absolute atomic E-state index is 0. The Balaban J connectivity index is 0. The molecule has 4 heteroatoms. The van der Waals surface area contributed by atoms with Gasteiger partial charge in [0.2, 0.25) is 0 Å². The normalized spacial score (nSPS) is 0. The molecule has 0 N–H and O–H groups in total. The van der Waals surface area contributed by atoms with Crippen molar-refractivity contribution in [3.8, 4) is 0 Å². The number of hydrogen-bond donors (Lipinski definition) is 0. The van der Waals surface area contributed by atoms with E-state index < -0.39 is 0 Å². The summed E-state index contributed by atoms with van der Waals surface area (Å²) >= 11 is 0. The van der Waals surface area contributed by atoms with Gasteiger partial charge in [-0.25, -0.2) is 0 Å². The molecule has 0 aromatic rings. The van der Waals surface area contributed by atoms with E-state index in [4.69, 9.17) is 0 Å². The molecule has 0 aliphatic carbocycles. The molecular formula is H4CeCuNiSi. The van der Waals surface area contributed by atoms with Gasteiger partial charge < -0.3 is 0 Å². The zero-order valence-corrected chi connectivity index (χ0v) is 6.19. The van der Waals surface area contributed by atoms with Crippen LogP contribution in [0.25, 0.3) is 0 Å². The van der Waals surface area contributed by atoms with Crippen molar-refractivity contribution >= 4 is 11.0 Å². The summed E-state index contributed by atoms with van der Waals surface area (Å²) in [6.45, 7) is 0. The Morgan fingerprint density at radius 2 is 1.00 bits per heavy atom. The van der Waals surface area contributed by atoms with Crippen LogP contribution in [0.1, 0.15) is 0 Å². The molecule has 0 heterocycles. The summed E-state index contributed by atoms with van der Waals surface area (Å²) in [7, 11) is 0. The van der Waals surface area contributed by atoms with E-state index >= 15 is 0 Å². The Kier molecular flexibility index (Phi) is 134. The smallest absolute Gasteiger partial charge is 0 e. The summed E-state index contributed by atoms with van der Waals surface area (Å²) in [6, 6.07) is 0. The van der Waals surface area contributed by atoms with Crippen molar-refractivity contribution in [3.63, 3.8) is 0 Å². The van der Waals surface area contributed by atoms with Crippen molar-refractivity contribution in [3.05, 3.63) is 0 Å². The zero-order valence-electron chi connectivity index (χ0n) is 1.12. The molecule has 33 valence electrons. The van der Waals surface area contributed by atoms with Gasteiger partial charge in [0.05, 0.1) is 0 Å². The molecule has 0 saturated heterocycles. The first-order valence-electron chi connectivity index (χ1n) is 0. The Hall–Kier alpha value is 2.61. The van der Waals surface area contributed by atoms with Crippen molar-refractivity contribution in [1.29, 1.82) is 0 Å². The second kappa shape index (κ2) is 17.5. The molecule has 0 aromatic carbocycles. The van der Waals surface area contributed by atoms with Gasteiger partial charge in [-0.1, -0.05) is 0 Å². The molecule has 0 aliphatic heterocycles. The fraction of sp³-hybridized carbons (Fsp3) is 0. The standard InChI is InChI=1S/Ce.Cu.Ni.H4Si/h;;;1H4. The predicted molar refractivity (Wildman–Crippen MR) is 11.3 cm³/mol. The minimum absolute atomic E-state index is 0. The molecule has 0 saturated carbocycles. The van der Waals surface area contributed by atoms with Crippen molar-refractivity contribution in [2.75, 3.05) is 0 Å². The molecule has 0 bridgehead atoms. The zero-order chi connectivity index (χ0) is 0. The van der Waals surface area contributed by atoms with Gasteiger partial charge in [0.25, 0.3) is 0 Å². The van der Waals surface area contributed by atoms with E-state index in [9.17, 15) is 0 Å². The molecule has 0 spiro atoms. The van der Waals surface area contributed by atoms with Gasteiger partial charge in [-0.05, 0) is 11.0 Å². The minimum atomic E-state index is 0. The third-order valence-electron chi connectivity index (χ3n) is 0. The van der Waals surface area contributed by atoms with Gasteiger partial charge in [0, 0.05) is 75.3 Å². The van der Waals surface area contributed by atoms with E-state index in [1.54, 1.807) is 0 Å². The number of rotatable bonds is 0. The third kappa shape index (κ3) is 8.82. The maximum Gasteiger partial charge on any atom is 0 e. The van der Waals surface area contributed by atoms with E-state index in [-0.39, 0.29) is 86.3 Å². The van der Waals surface area contributed by atoms with Crippen LogP contribution in [0.4, 0.5) is 0 Å². The molecule has 0 rings (SSSR count). The van der Waals surface area contributed by atoms with Crippen LogP contribution in [0.3, 0.4) is 0 Å². The topological polar surface area (TPSA) is 0 Å². The average molecular weight is 294 g/mol. The van der Waals surface area contributed by atoms with Crippen LogP contribution < -0.4 is 0 Å². The first kappa shape index (κ1) is 30.6.